The van der Waals surface area contributed by atoms with Crippen molar-refractivity contribution in [2.45, 2.75) is 13.0 Å². The lowest BCUT2D eigenvalue weighted by atomic mass is 10.4. The van der Waals surface area contributed by atoms with Crippen LogP contribution in [0.4, 0.5) is 0 Å². The van der Waals surface area contributed by atoms with Crippen molar-refractivity contribution in [3.8, 4) is 0 Å². The van der Waals surface area contributed by atoms with Gasteiger partial charge in [0.05, 0.1) is 6.42 Å². The number of amides is 1. The highest BCUT2D eigenvalue weighted by atomic mass is 16.1. The molecule has 0 spiro atoms. The molecule has 1 amide bonds. The molecule has 1 aromatic heterocycles. The first-order valence-electron chi connectivity index (χ1n) is 3.68. The number of hydrogen-bond donors (Lipinski definition) is 3. The van der Waals surface area contributed by atoms with Gasteiger partial charge in [-0.05, 0) is 7.05 Å². The van der Waals surface area contributed by atoms with E-state index in [4.69, 9.17) is 5.73 Å². The molecule has 12 heavy (non-hydrogen) atoms. The Morgan fingerprint density at radius 3 is 3.17 bits per heavy atom. The van der Waals surface area contributed by atoms with Gasteiger partial charge >= 0.3 is 0 Å². The van der Waals surface area contributed by atoms with E-state index in [2.05, 4.69) is 15.3 Å². The van der Waals surface area contributed by atoms with Crippen molar-refractivity contribution in [2.75, 3.05) is 7.05 Å². The van der Waals surface area contributed by atoms with Crippen molar-refractivity contribution in [3.05, 3.63) is 17.7 Å². The molecule has 1 aromatic rings. The fraction of sp³-hybridized carbons (Fsp3) is 0.429. The minimum absolute atomic E-state index is 0.170. The van der Waals surface area contributed by atoms with Gasteiger partial charge in [0.25, 0.3) is 0 Å². The molecule has 0 radical (unpaired) electrons. The molecule has 0 aromatic carbocycles. The van der Waals surface area contributed by atoms with Crippen molar-refractivity contribution in [2.24, 2.45) is 5.73 Å². The number of nitrogens with one attached hydrogen (secondary N) is 2. The van der Waals surface area contributed by atoms with Crippen LogP contribution in [0.25, 0.3) is 0 Å². The molecular weight excluding hydrogens is 156 g/mol. The second-order valence-corrected chi connectivity index (χ2v) is 2.53. The molecule has 0 bridgehead atoms. The van der Waals surface area contributed by atoms with Crippen LogP contribution in [-0.4, -0.2) is 22.9 Å². The van der Waals surface area contributed by atoms with Crippen LogP contribution in [0.15, 0.2) is 6.20 Å². The van der Waals surface area contributed by atoms with E-state index >= 15 is 0 Å². The van der Waals surface area contributed by atoms with E-state index in [0.29, 0.717) is 12.4 Å². The largest absolute Gasteiger partial charge is 0.369 e. The summed E-state index contributed by atoms with van der Waals surface area (Å²) in [5, 5.41) is 2.96. The van der Waals surface area contributed by atoms with E-state index in [1.165, 1.54) is 0 Å². The first-order chi connectivity index (χ1) is 5.72. The van der Waals surface area contributed by atoms with E-state index < -0.39 is 0 Å². The third-order valence-electron chi connectivity index (χ3n) is 1.39. The van der Waals surface area contributed by atoms with Gasteiger partial charge in [-0.2, -0.15) is 0 Å². The lowest BCUT2D eigenvalue weighted by Crippen LogP contribution is -2.14. The molecule has 1 rings (SSSR count). The monoisotopic (exact) mass is 168 g/mol. The second-order valence-electron chi connectivity index (χ2n) is 2.53. The number of aromatic nitrogens is 2. The smallest absolute Gasteiger partial charge is 0.225 e. The molecular formula is C7H12N4O. The van der Waals surface area contributed by atoms with Gasteiger partial charge in [0.1, 0.15) is 5.82 Å². The zero-order valence-electron chi connectivity index (χ0n) is 6.92. The molecule has 0 saturated heterocycles. The topological polar surface area (TPSA) is 83.8 Å². The summed E-state index contributed by atoms with van der Waals surface area (Å²) < 4.78 is 0. The number of carbonyl (C=O) groups is 1. The predicted molar refractivity (Wildman–Crippen MR) is 44.2 cm³/mol. The minimum Gasteiger partial charge on any atom is -0.369 e. The van der Waals surface area contributed by atoms with Gasteiger partial charge in [-0.1, -0.05) is 0 Å². The van der Waals surface area contributed by atoms with Crippen LogP contribution < -0.4 is 11.1 Å². The van der Waals surface area contributed by atoms with Crippen molar-refractivity contribution in [1.29, 1.82) is 0 Å². The molecule has 0 unspecified atom stereocenters. The molecule has 5 nitrogen and oxygen atoms in total. The SMILES string of the molecule is CNCc1cnc(CC(N)=O)[nH]1. The summed E-state index contributed by atoms with van der Waals surface area (Å²) in [6.07, 6.45) is 1.86. The number of primary amides is 1. The summed E-state index contributed by atoms with van der Waals surface area (Å²) in [6, 6.07) is 0. The molecule has 5 heteroatoms. The van der Waals surface area contributed by atoms with Gasteiger partial charge in [0.15, 0.2) is 0 Å². The molecule has 0 fully saturated rings. The lowest BCUT2D eigenvalue weighted by Gasteiger charge is -1.92. The second kappa shape index (κ2) is 3.87. The van der Waals surface area contributed by atoms with Gasteiger partial charge in [-0.3, -0.25) is 4.79 Å². The summed E-state index contributed by atoms with van der Waals surface area (Å²) >= 11 is 0. The molecule has 0 aliphatic heterocycles. The van der Waals surface area contributed by atoms with E-state index in [0.717, 1.165) is 5.69 Å². The van der Waals surface area contributed by atoms with Crippen LogP contribution in [0.3, 0.4) is 0 Å². The third kappa shape index (κ3) is 2.35. The van der Waals surface area contributed by atoms with E-state index in [-0.39, 0.29) is 12.3 Å². The van der Waals surface area contributed by atoms with Gasteiger partial charge in [0.2, 0.25) is 5.91 Å². The normalized spacial score (nSPS) is 10.1. The number of imidazole rings is 1. The number of carbonyl (C=O) groups excluding carboxylic acids is 1. The third-order valence-corrected chi connectivity index (χ3v) is 1.39. The fourth-order valence-corrected chi connectivity index (χ4v) is 0.941. The van der Waals surface area contributed by atoms with Crippen LogP contribution in [0.5, 0.6) is 0 Å². The quantitative estimate of drug-likeness (QED) is 0.548. The Labute approximate surface area is 70.4 Å². The number of hydrogen-bond acceptors (Lipinski definition) is 3. The summed E-state index contributed by atoms with van der Waals surface area (Å²) in [5.74, 6) is 0.244. The van der Waals surface area contributed by atoms with Crippen LogP contribution in [0.2, 0.25) is 0 Å². The molecule has 4 N–H and O–H groups in total. The van der Waals surface area contributed by atoms with Crippen LogP contribution in [0, 0.1) is 0 Å². The summed E-state index contributed by atoms with van der Waals surface area (Å²) in [4.78, 5) is 17.4. The Hall–Kier alpha value is -1.36. The molecule has 0 aliphatic rings. The van der Waals surface area contributed by atoms with Gasteiger partial charge in [0, 0.05) is 18.4 Å². The Bertz CT molecular complexity index is 268. The van der Waals surface area contributed by atoms with Crippen LogP contribution >= 0.6 is 0 Å². The first kappa shape index (κ1) is 8.73. The van der Waals surface area contributed by atoms with E-state index in [1.807, 2.05) is 7.05 Å². The zero-order chi connectivity index (χ0) is 8.97. The molecule has 0 aliphatic carbocycles. The highest BCUT2D eigenvalue weighted by molar-refractivity contribution is 5.75. The van der Waals surface area contributed by atoms with Crippen molar-refractivity contribution < 1.29 is 4.79 Å². The Morgan fingerprint density at radius 1 is 1.83 bits per heavy atom. The Morgan fingerprint density at radius 2 is 2.58 bits per heavy atom. The molecule has 0 atom stereocenters. The maximum Gasteiger partial charge on any atom is 0.225 e. The number of aromatic amines is 1. The summed E-state index contributed by atoms with van der Waals surface area (Å²) in [7, 11) is 1.84. The minimum atomic E-state index is -0.375. The summed E-state index contributed by atoms with van der Waals surface area (Å²) in [5.41, 5.74) is 5.95. The molecule has 1 heterocycles. The van der Waals surface area contributed by atoms with E-state index in [1.54, 1.807) is 6.20 Å². The highest BCUT2D eigenvalue weighted by Gasteiger charge is 2.02. The van der Waals surface area contributed by atoms with Gasteiger partial charge in [-0.25, -0.2) is 4.98 Å². The van der Waals surface area contributed by atoms with Gasteiger partial charge < -0.3 is 16.0 Å². The highest BCUT2D eigenvalue weighted by Crippen LogP contribution is 1.96. The zero-order valence-corrected chi connectivity index (χ0v) is 6.92. The average molecular weight is 168 g/mol. The number of nitrogens with zero attached hydrogens (tertiary/aromatic N) is 1. The fourth-order valence-electron chi connectivity index (χ4n) is 0.941. The van der Waals surface area contributed by atoms with Crippen LogP contribution in [-0.2, 0) is 17.8 Å². The van der Waals surface area contributed by atoms with Crippen molar-refractivity contribution in [3.63, 3.8) is 0 Å². The Balaban J connectivity index is 2.58. The molecule has 0 saturated carbocycles. The van der Waals surface area contributed by atoms with Crippen molar-refractivity contribution >= 4 is 5.91 Å². The summed E-state index contributed by atoms with van der Waals surface area (Å²) in [6.45, 7) is 0.714. The maximum atomic E-state index is 10.5. The predicted octanol–water partition coefficient (Wildman–Crippen LogP) is -0.843. The van der Waals surface area contributed by atoms with Gasteiger partial charge in [-0.15, -0.1) is 0 Å². The average Bonchev–Trinajstić information content (AvgIpc) is 2.36. The lowest BCUT2D eigenvalue weighted by molar-refractivity contribution is -0.117. The Kier molecular flexibility index (Phi) is 2.82. The standard InChI is InChI=1S/C7H12N4O/c1-9-3-5-4-10-7(11-5)2-6(8)12/h4,9H,2-3H2,1H3,(H2,8,12)(H,10,11). The maximum absolute atomic E-state index is 10.5. The number of nitrogens with two attached hydrogens (primary N) is 1. The van der Waals surface area contributed by atoms with E-state index in [9.17, 15) is 4.79 Å². The van der Waals surface area contributed by atoms with Crippen LogP contribution in [0.1, 0.15) is 11.5 Å². The number of rotatable bonds is 4. The number of H-pyrrole nitrogens is 1. The van der Waals surface area contributed by atoms with Crippen molar-refractivity contribution in [1.82, 2.24) is 15.3 Å². The first-order valence-corrected chi connectivity index (χ1v) is 3.68. The molecule has 66 valence electrons.